The van der Waals surface area contributed by atoms with Gasteiger partial charge in [0.1, 0.15) is 5.82 Å². The Kier molecular flexibility index (Phi) is 6.27. The summed E-state index contributed by atoms with van der Waals surface area (Å²) in [6, 6.07) is 2.31. The quantitative estimate of drug-likeness (QED) is 0.404. The molecule has 1 fully saturated rings. The number of hydrogen-bond donors (Lipinski definition) is 5. The first-order valence-electron chi connectivity index (χ1n) is 10.5. The van der Waals surface area contributed by atoms with Gasteiger partial charge < -0.3 is 26.2 Å². The summed E-state index contributed by atoms with van der Waals surface area (Å²) < 4.78 is 15.2. The van der Waals surface area contributed by atoms with Gasteiger partial charge >= 0.3 is 13.1 Å². The van der Waals surface area contributed by atoms with Crippen LogP contribution in [0, 0.1) is 11.7 Å². The van der Waals surface area contributed by atoms with Gasteiger partial charge in [-0.25, -0.2) is 4.39 Å². The van der Waals surface area contributed by atoms with Crippen LogP contribution < -0.4 is 11.1 Å². The van der Waals surface area contributed by atoms with Gasteiger partial charge in [-0.1, -0.05) is 6.42 Å². The summed E-state index contributed by atoms with van der Waals surface area (Å²) in [6.45, 7) is 3.22. The summed E-state index contributed by atoms with van der Waals surface area (Å²) in [5, 5.41) is 31.1. The molecule has 2 aliphatic carbocycles. The van der Waals surface area contributed by atoms with E-state index in [9.17, 15) is 14.7 Å². The fourth-order valence-electron chi connectivity index (χ4n) is 4.89. The van der Waals surface area contributed by atoms with Crippen molar-refractivity contribution in [2.45, 2.75) is 75.7 Å². The highest BCUT2D eigenvalue weighted by Gasteiger charge is 2.51. The van der Waals surface area contributed by atoms with Gasteiger partial charge in [0.15, 0.2) is 0 Å². The molecule has 0 spiro atoms. The van der Waals surface area contributed by atoms with Crippen LogP contribution in [0.3, 0.4) is 0 Å². The van der Waals surface area contributed by atoms with Crippen LogP contribution in [-0.2, 0) is 27.0 Å². The number of hydrogen-bond acceptors (Lipinski definition) is 5. The Hall–Kier alpha value is -1.97. The van der Waals surface area contributed by atoms with Gasteiger partial charge in [-0.05, 0) is 81.4 Å². The fourth-order valence-corrected chi connectivity index (χ4v) is 4.89. The van der Waals surface area contributed by atoms with Gasteiger partial charge in [0.05, 0.1) is 17.0 Å². The summed E-state index contributed by atoms with van der Waals surface area (Å²) in [6.07, 6.45) is 3.50. The number of aliphatic carboxylic acids is 1. The van der Waals surface area contributed by atoms with Gasteiger partial charge in [-0.15, -0.1) is 0 Å². The van der Waals surface area contributed by atoms with Crippen molar-refractivity contribution in [3.05, 3.63) is 34.6 Å². The molecule has 1 amide bonds. The highest BCUT2D eigenvalue weighted by Crippen LogP contribution is 2.50. The van der Waals surface area contributed by atoms with Crippen molar-refractivity contribution in [1.29, 1.82) is 0 Å². The fraction of sp³-hybridized carbons (Fsp3) is 0.619. The molecule has 30 heavy (non-hydrogen) atoms. The van der Waals surface area contributed by atoms with E-state index in [1.54, 1.807) is 19.9 Å². The molecule has 9 heteroatoms. The first-order chi connectivity index (χ1) is 14.0. The monoisotopic (exact) mass is 420 g/mol. The first kappa shape index (κ1) is 22.7. The van der Waals surface area contributed by atoms with Crippen molar-refractivity contribution >= 4 is 19.0 Å². The number of nitrogens with one attached hydrogen (secondary N) is 1. The standard InChI is InChI=1S/C21H30BFN2O5/c1-12(24)18(26)25-21(6-4-7-21)16-11-15-13(10-17(16)23)9-14(5-3-8-22(29)30)20(15,2)19(27)28/h10-12,14,29-30H,3-9,24H2,1-2H3,(H,25,26)(H,27,28)/t12-,14-,20-/m0/s1. The third kappa shape index (κ3) is 3.86. The molecule has 1 aromatic carbocycles. The van der Waals surface area contributed by atoms with E-state index in [0.29, 0.717) is 48.8 Å². The summed E-state index contributed by atoms with van der Waals surface area (Å²) >= 11 is 0. The number of benzene rings is 1. The summed E-state index contributed by atoms with van der Waals surface area (Å²) in [5.41, 5.74) is 5.15. The van der Waals surface area contributed by atoms with Gasteiger partial charge in [-0.2, -0.15) is 0 Å². The van der Waals surface area contributed by atoms with Crippen LogP contribution in [0.4, 0.5) is 4.39 Å². The zero-order valence-corrected chi connectivity index (χ0v) is 17.4. The number of carbonyl (C=O) groups excluding carboxylic acids is 1. The molecule has 0 saturated heterocycles. The first-order valence-corrected chi connectivity index (χ1v) is 10.5. The highest BCUT2D eigenvalue weighted by atomic mass is 19.1. The lowest BCUT2D eigenvalue weighted by atomic mass is 9.69. The minimum absolute atomic E-state index is 0.161. The Morgan fingerprint density at radius 3 is 2.50 bits per heavy atom. The van der Waals surface area contributed by atoms with Crippen LogP contribution in [0.1, 0.15) is 62.6 Å². The van der Waals surface area contributed by atoms with E-state index >= 15 is 4.39 Å². The minimum Gasteiger partial charge on any atom is -0.481 e. The molecule has 0 radical (unpaired) electrons. The Morgan fingerprint density at radius 1 is 1.33 bits per heavy atom. The second-order valence-electron chi connectivity index (χ2n) is 9.02. The largest absolute Gasteiger partial charge is 0.481 e. The van der Waals surface area contributed by atoms with Crippen molar-refractivity contribution in [2.24, 2.45) is 11.7 Å². The van der Waals surface area contributed by atoms with Crippen molar-refractivity contribution in [2.75, 3.05) is 0 Å². The summed E-state index contributed by atoms with van der Waals surface area (Å²) in [4.78, 5) is 24.5. The van der Waals surface area contributed by atoms with E-state index in [0.717, 1.165) is 6.42 Å². The third-order valence-electron chi connectivity index (χ3n) is 6.99. The second-order valence-corrected chi connectivity index (χ2v) is 9.02. The molecule has 0 unspecified atom stereocenters. The molecular weight excluding hydrogens is 390 g/mol. The lowest BCUT2D eigenvalue weighted by Gasteiger charge is -2.44. The maximum atomic E-state index is 15.2. The van der Waals surface area contributed by atoms with E-state index in [1.165, 1.54) is 6.07 Å². The molecule has 1 saturated carbocycles. The normalized spacial score (nSPS) is 25.2. The predicted octanol–water partition coefficient (Wildman–Crippen LogP) is 1.44. The van der Waals surface area contributed by atoms with Crippen LogP contribution >= 0.6 is 0 Å². The number of fused-ring (bicyclic) bond motifs is 1. The number of carbonyl (C=O) groups is 2. The van der Waals surface area contributed by atoms with E-state index < -0.39 is 35.9 Å². The van der Waals surface area contributed by atoms with E-state index in [-0.39, 0.29) is 18.1 Å². The van der Waals surface area contributed by atoms with Crippen molar-refractivity contribution in [1.82, 2.24) is 5.32 Å². The maximum absolute atomic E-state index is 15.2. The average molecular weight is 420 g/mol. The molecule has 0 aromatic heterocycles. The predicted molar refractivity (Wildman–Crippen MR) is 110 cm³/mol. The van der Waals surface area contributed by atoms with Crippen molar-refractivity contribution in [3.63, 3.8) is 0 Å². The van der Waals surface area contributed by atoms with E-state index in [1.807, 2.05) is 0 Å². The van der Waals surface area contributed by atoms with Crippen molar-refractivity contribution < 1.29 is 29.1 Å². The minimum atomic E-state index is -1.43. The zero-order chi connectivity index (χ0) is 22.3. The average Bonchev–Trinajstić information content (AvgIpc) is 2.89. The Balaban J connectivity index is 1.98. The highest BCUT2D eigenvalue weighted by molar-refractivity contribution is 6.40. The van der Waals surface area contributed by atoms with E-state index in [4.69, 9.17) is 15.8 Å². The Bertz CT molecular complexity index is 843. The lowest BCUT2D eigenvalue weighted by Crippen LogP contribution is -2.55. The van der Waals surface area contributed by atoms with E-state index in [2.05, 4.69) is 5.32 Å². The van der Waals surface area contributed by atoms with Crippen LogP contribution in [-0.4, -0.2) is 40.2 Å². The molecule has 3 rings (SSSR count). The van der Waals surface area contributed by atoms with Gasteiger partial charge in [0, 0.05) is 5.56 Å². The number of amides is 1. The molecule has 0 bridgehead atoms. The molecule has 6 N–H and O–H groups in total. The smallest absolute Gasteiger partial charge is 0.451 e. The van der Waals surface area contributed by atoms with Crippen LogP contribution in [0.15, 0.2) is 12.1 Å². The molecule has 3 atom stereocenters. The van der Waals surface area contributed by atoms with Gasteiger partial charge in [0.25, 0.3) is 0 Å². The van der Waals surface area contributed by atoms with Gasteiger partial charge in [-0.3, -0.25) is 9.59 Å². The Labute approximate surface area is 176 Å². The Morgan fingerprint density at radius 2 is 2.00 bits per heavy atom. The van der Waals surface area contributed by atoms with Crippen molar-refractivity contribution in [3.8, 4) is 0 Å². The van der Waals surface area contributed by atoms with Crippen LogP contribution in [0.2, 0.25) is 6.32 Å². The number of nitrogens with two attached hydrogens (primary N) is 1. The van der Waals surface area contributed by atoms with Gasteiger partial charge in [0.2, 0.25) is 5.91 Å². The number of carboxylic acids is 1. The molecule has 2 aliphatic rings. The summed E-state index contributed by atoms with van der Waals surface area (Å²) in [7, 11) is -1.43. The second kappa shape index (κ2) is 8.28. The molecule has 0 heterocycles. The SMILES string of the molecule is C[C@H](N)C(=O)NC1(c2cc3c(cc2F)C[C@H](CCCB(O)O)[C@]3(C)C(=O)O)CCC1. The topological polar surface area (TPSA) is 133 Å². The molecule has 164 valence electrons. The zero-order valence-electron chi connectivity index (χ0n) is 17.4. The number of halogens is 1. The number of carboxylic acid groups (broad SMARTS) is 1. The molecule has 0 aliphatic heterocycles. The maximum Gasteiger partial charge on any atom is 0.451 e. The molecule has 7 nitrogen and oxygen atoms in total. The lowest BCUT2D eigenvalue weighted by molar-refractivity contribution is -0.145. The molecular formula is C21H30BFN2O5. The van der Waals surface area contributed by atoms with Crippen LogP contribution in [0.25, 0.3) is 0 Å². The summed E-state index contributed by atoms with van der Waals surface area (Å²) in [5.74, 6) is -2.08. The third-order valence-corrected chi connectivity index (χ3v) is 6.99. The number of rotatable bonds is 8. The molecule has 1 aromatic rings. The van der Waals surface area contributed by atoms with Crippen LogP contribution in [0.5, 0.6) is 0 Å².